The number of carbonyl (C=O) groups is 1. The van der Waals surface area contributed by atoms with Crippen LogP contribution >= 0.6 is 0 Å². The number of amides is 1. The van der Waals surface area contributed by atoms with Crippen LogP contribution in [-0.4, -0.2) is 40.0 Å². The van der Waals surface area contributed by atoms with E-state index in [9.17, 15) is 9.18 Å². The molecule has 2 fully saturated rings. The van der Waals surface area contributed by atoms with Crippen LogP contribution in [0, 0.1) is 11.7 Å². The van der Waals surface area contributed by atoms with Crippen LogP contribution in [-0.2, 0) is 4.79 Å². The molecule has 0 saturated carbocycles. The van der Waals surface area contributed by atoms with Crippen LogP contribution in [0.5, 0.6) is 0 Å². The van der Waals surface area contributed by atoms with Gasteiger partial charge >= 0.3 is 0 Å². The Kier molecular flexibility index (Phi) is 5.46. The standard InChI is InChI=1S/C21H28FN5O/c1-14(2)27-11-8-23-20(27)15-6-9-26(10-7-15)21(28)18-13-24-25-19(18)16-4-3-5-17(22)12-16/h3-5,8,11-12,14-15,18-19,24-25H,6-7,9-10,13H2,1-2H3. The van der Waals surface area contributed by atoms with Crippen molar-refractivity contribution in [3.63, 3.8) is 0 Å². The van der Waals surface area contributed by atoms with Crippen LogP contribution in [0.1, 0.15) is 56.1 Å². The molecule has 1 amide bonds. The van der Waals surface area contributed by atoms with Crippen molar-refractivity contribution in [3.05, 3.63) is 53.9 Å². The zero-order chi connectivity index (χ0) is 19.7. The number of halogens is 1. The molecule has 0 radical (unpaired) electrons. The van der Waals surface area contributed by atoms with E-state index in [-0.39, 0.29) is 23.7 Å². The van der Waals surface area contributed by atoms with Gasteiger partial charge in [-0.05, 0) is 44.4 Å². The third-order valence-electron chi connectivity index (χ3n) is 5.93. The highest BCUT2D eigenvalue weighted by atomic mass is 19.1. The fourth-order valence-electron chi connectivity index (χ4n) is 4.41. The van der Waals surface area contributed by atoms with Crippen molar-refractivity contribution in [3.8, 4) is 0 Å². The minimum atomic E-state index is -0.279. The third-order valence-corrected chi connectivity index (χ3v) is 5.93. The Balaban J connectivity index is 1.41. The summed E-state index contributed by atoms with van der Waals surface area (Å²) < 4.78 is 15.8. The second kappa shape index (κ2) is 8.01. The Morgan fingerprint density at radius 1 is 1.29 bits per heavy atom. The maximum absolute atomic E-state index is 13.6. The van der Waals surface area contributed by atoms with E-state index in [1.807, 2.05) is 23.4 Å². The Labute approximate surface area is 165 Å². The highest BCUT2D eigenvalue weighted by molar-refractivity contribution is 5.80. The minimum Gasteiger partial charge on any atom is -0.342 e. The van der Waals surface area contributed by atoms with Gasteiger partial charge < -0.3 is 9.47 Å². The molecule has 2 saturated heterocycles. The molecule has 0 aliphatic carbocycles. The highest BCUT2D eigenvalue weighted by Gasteiger charge is 2.38. The molecule has 2 N–H and O–H groups in total. The molecule has 4 rings (SSSR count). The summed E-state index contributed by atoms with van der Waals surface area (Å²) in [5.74, 6) is 1.15. The van der Waals surface area contributed by atoms with Crippen LogP contribution in [0.25, 0.3) is 0 Å². The normalized spacial score (nSPS) is 23.5. The Hall–Kier alpha value is -2.25. The summed E-state index contributed by atoms with van der Waals surface area (Å²) in [4.78, 5) is 19.7. The molecule has 2 aliphatic rings. The molecule has 28 heavy (non-hydrogen) atoms. The maximum Gasteiger partial charge on any atom is 0.229 e. The number of nitrogens with one attached hydrogen (secondary N) is 2. The van der Waals surface area contributed by atoms with Crippen molar-refractivity contribution in [1.29, 1.82) is 0 Å². The fraction of sp³-hybridized carbons (Fsp3) is 0.524. The second-order valence-corrected chi connectivity index (χ2v) is 8.05. The first-order valence-electron chi connectivity index (χ1n) is 10.1. The van der Waals surface area contributed by atoms with E-state index in [2.05, 4.69) is 34.3 Å². The Morgan fingerprint density at radius 3 is 2.79 bits per heavy atom. The van der Waals surface area contributed by atoms with E-state index in [1.54, 1.807) is 6.07 Å². The van der Waals surface area contributed by atoms with Crippen molar-refractivity contribution >= 4 is 5.91 Å². The van der Waals surface area contributed by atoms with Crippen LogP contribution in [0.4, 0.5) is 4.39 Å². The number of hydrazine groups is 1. The van der Waals surface area contributed by atoms with Gasteiger partial charge in [-0.1, -0.05) is 12.1 Å². The molecular weight excluding hydrogens is 357 g/mol. The molecule has 1 aromatic heterocycles. The predicted octanol–water partition coefficient (Wildman–Crippen LogP) is 2.77. The number of hydrogen-bond donors (Lipinski definition) is 2. The van der Waals surface area contributed by atoms with Crippen molar-refractivity contribution in [2.75, 3.05) is 19.6 Å². The molecule has 2 atom stereocenters. The van der Waals surface area contributed by atoms with Crippen LogP contribution in [0.15, 0.2) is 36.7 Å². The van der Waals surface area contributed by atoms with Gasteiger partial charge in [0.2, 0.25) is 5.91 Å². The number of rotatable bonds is 4. The van der Waals surface area contributed by atoms with E-state index < -0.39 is 0 Å². The van der Waals surface area contributed by atoms with E-state index in [0.717, 1.165) is 37.3 Å². The van der Waals surface area contributed by atoms with E-state index in [0.29, 0.717) is 18.5 Å². The fourth-order valence-corrected chi connectivity index (χ4v) is 4.41. The predicted molar refractivity (Wildman–Crippen MR) is 105 cm³/mol. The van der Waals surface area contributed by atoms with Crippen LogP contribution < -0.4 is 10.9 Å². The molecule has 3 heterocycles. The summed E-state index contributed by atoms with van der Waals surface area (Å²) >= 11 is 0. The van der Waals surface area contributed by atoms with Crippen molar-refractivity contribution < 1.29 is 9.18 Å². The SMILES string of the molecule is CC(C)n1ccnc1C1CCN(C(=O)C2CNNC2c2cccc(F)c2)CC1. The number of nitrogens with zero attached hydrogens (tertiary/aromatic N) is 3. The lowest BCUT2D eigenvalue weighted by Crippen LogP contribution is -2.43. The van der Waals surface area contributed by atoms with E-state index in [1.165, 1.54) is 12.1 Å². The Morgan fingerprint density at radius 2 is 2.07 bits per heavy atom. The molecule has 2 aromatic rings. The molecule has 0 bridgehead atoms. The molecule has 2 aliphatic heterocycles. The van der Waals surface area contributed by atoms with Gasteiger partial charge in [-0.15, -0.1) is 0 Å². The van der Waals surface area contributed by atoms with Gasteiger partial charge in [0.1, 0.15) is 11.6 Å². The number of likely N-dealkylation sites (tertiary alicyclic amines) is 1. The molecular formula is C21H28FN5O. The minimum absolute atomic E-state index is 0.136. The topological polar surface area (TPSA) is 62.2 Å². The third kappa shape index (κ3) is 3.69. The number of benzene rings is 1. The summed E-state index contributed by atoms with van der Waals surface area (Å²) in [6.07, 6.45) is 5.75. The number of aromatic nitrogens is 2. The summed E-state index contributed by atoms with van der Waals surface area (Å²) in [5.41, 5.74) is 7.02. The summed E-state index contributed by atoms with van der Waals surface area (Å²) in [7, 11) is 0. The van der Waals surface area contributed by atoms with Gasteiger partial charge in [0.15, 0.2) is 0 Å². The van der Waals surface area contributed by atoms with Crippen molar-refractivity contribution in [2.24, 2.45) is 5.92 Å². The zero-order valence-electron chi connectivity index (χ0n) is 16.4. The molecule has 2 unspecified atom stereocenters. The second-order valence-electron chi connectivity index (χ2n) is 8.05. The van der Waals surface area contributed by atoms with Gasteiger partial charge in [0.25, 0.3) is 0 Å². The summed E-state index contributed by atoms with van der Waals surface area (Å²) in [6.45, 7) is 6.35. The van der Waals surface area contributed by atoms with Crippen LogP contribution in [0.3, 0.4) is 0 Å². The zero-order valence-corrected chi connectivity index (χ0v) is 16.4. The average Bonchev–Trinajstić information content (AvgIpc) is 3.37. The van der Waals surface area contributed by atoms with Gasteiger partial charge in [-0.3, -0.25) is 10.2 Å². The van der Waals surface area contributed by atoms with Gasteiger partial charge in [0, 0.05) is 44.0 Å². The lowest BCUT2D eigenvalue weighted by atomic mass is 9.91. The largest absolute Gasteiger partial charge is 0.342 e. The number of carbonyl (C=O) groups excluding carboxylic acids is 1. The lowest BCUT2D eigenvalue weighted by Gasteiger charge is -2.34. The molecule has 7 heteroatoms. The van der Waals surface area contributed by atoms with Gasteiger partial charge in [0.05, 0.1) is 12.0 Å². The number of hydrogen-bond acceptors (Lipinski definition) is 4. The number of imidazole rings is 1. The first-order chi connectivity index (χ1) is 13.5. The first-order valence-corrected chi connectivity index (χ1v) is 10.1. The van der Waals surface area contributed by atoms with Crippen molar-refractivity contribution in [2.45, 2.75) is 44.7 Å². The summed E-state index contributed by atoms with van der Waals surface area (Å²) in [6, 6.07) is 6.67. The molecule has 1 aromatic carbocycles. The lowest BCUT2D eigenvalue weighted by molar-refractivity contribution is -0.136. The molecule has 0 spiro atoms. The Bertz CT molecular complexity index is 828. The van der Waals surface area contributed by atoms with E-state index in [4.69, 9.17) is 0 Å². The highest BCUT2D eigenvalue weighted by Crippen LogP contribution is 2.32. The maximum atomic E-state index is 13.6. The first kappa shape index (κ1) is 19.1. The van der Waals surface area contributed by atoms with Crippen LogP contribution in [0.2, 0.25) is 0 Å². The van der Waals surface area contributed by atoms with Gasteiger partial charge in [-0.2, -0.15) is 0 Å². The van der Waals surface area contributed by atoms with Gasteiger partial charge in [-0.25, -0.2) is 14.8 Å². The number of piperidine rings is 1. The summed E-state index contributed by atoms with van der Waals surface area (Å²) in [5, 5.41) is 0. The van der Waals surface area contributed by atoms with Crippen molar-refractivity contribution in [1.82, 2.24) is 25.3 Å². The smallest absolute Gasteiger partial charge is 0.229 e. The quantitative estimate of drug-likeness (QED) is 0.850. The van der Waals surface area contributed by atoms with E-state index >= 15 is 0 Å². The molecule has 6 nitrogen and oxygen atoms in total. The monoisotopic (exact) mass is 385 g/mol. The molecule has 150 valence electrons. The average molecular weight is 385 g/mol.